The number of allylic oxidation sites excluding steroid dienone is 1. The molecular formula is C51H38N4S. The van der Waals surface area contributed by atoms with Crippen LogP contribution < -0.4 is 0 Å². The number of hydrogen-bond acceptors (Lipinski definition) is 2. The van der Waals surface area contributed by atoms with Crippen molar-refractivity contribution in [3.63, 3.8) is 0 Å². The van der Waals surface area contributed by atoms with Gasteiger partial charge in [0.25, 0.3) is 0 Å². The monoisotopic (exact) mass is 738 g/mol. The van der Waals surface area contributed by atoms with Gasteiger partial charge in [-0.2, -0.15) is 4.99 Å². The largest absolute Gasteiger partial charge is 0.277 e. The molecule has 0 aliphatic rings. The number of aliphatic imine (C=N–C) groups is 3. The summed E-state index contributed by atoms with van der Waals surface area (Å²) >= 11 is 1.83. The number of nitrogens with zero attached hydrogens (tertiary/aromatic N) is 4. The molecule has 9 rings (SSSR count). The molecule has 2 heterocycles. The molecule has 0 N–H and O–H groups in total. The van der Waals surface area contributed by atoms with E-state index in [9.17, 15) is 0 Å². The summed E-state index contributed by atoms with van der Waals surface area (Å²) in [7, 11) is 0. The highest BCUT2D eigenvalue weighted by atomic mass is 32.1. The first kappa shape index (κ1) is 34.8. The molecule has 0 spiro atoms. The van der Waals surface area contributed by atoms with Crippen LogP contribution in [0.25, 0.3) is 76.4 Å². The fraction of sp³-hybridized carbons (Fsp3) is 0.0392. The second-order valence-corrected chi connectivity index (χ2v) is 14.7. The fourth-order valence-corrected chi connectivity index (χ4v) is 8.90. The lowest BCUT2D eigenvalue weighted by Crippen LogP contribution is -2.13. The van der Waals surface area contributed by atoms with Gasteiger partial charge < -0.3 is 0 Å². The van der Waals surface area contributed by atoms with Crippen LogP contribution in [0.2, 0.25) is 0 Å². The molecule has 7 aromatic carbocycles. The van der Waals surface area contributed by atoms with E-state index in [2.05, 4.69) is 144 Å². The molecule has 0 unspecified atom stereocenters. The minimum absolute atomic E-state index is 0.444. The molecule has 4 nitrogen and oxygen atoms in total. The third-order valence-electron chi connectivity index (χ3n) is 10.3. The van der Waals surface area contributed by atoms with E-state index in [1.165, 1.54) is 31.3 Å². The van der Waals surface area contributed by atoms with Crippen LogP contribution in [0.4, 0.5) is 0 Å². The maximum absolute atomic E-state index is 5.31. The van der Waals surface area contributed by atoms with Crippen molar-refractivity contribution in [2.75, 3.05) is 0 Å². The number of benzene rings is 7. The van der Waals surface area contributed by atoms with Gasteiger partial charge in [0, 0.05) is 36.5 Å². The van der Waals surface area contributed by atoms with Crippen LogP contribution >= 0.6 is 11.3 Å². The van der Waals surface area contributed by atoms with Gasteiger partial charge in [-0.3, -0.25) is 4.57 Å². The van der Waals surface area contributed by atoms with Crippen LogP contribution in [-0.4, -0.2) is 23.1 Å². The third kappa shape index (κ3) is 6.28. The third-order valence-corrected chi connectivity index (χ3v) is 11.5. The summed E-state index contributed by atoms with van der Waals surface area (Å²) in [6.45, 7) is 10.5. The maximum atomic E-state index is 5.31. The summed E-state index contributed by atoms with van der Waals surface area (Å²) in [6.07, 6.45) is 6.12. The molecule has 0 aliphatic heterocycles. The van der Waals surface area contributed by atoms with Gasteiger partial charge >= 0.3 is 0 Å². The first-order chi connectivity index (χ1) is 27.6. The van der Waals surface area contributed by atoms with Gasteiger partial charge in [-0.05, 0) is 76.9 Å². The molecule has 9 aromatic rings. The highest BCUT2D eigenvalue weighted by molar-refractivity contribution is 7.26. The van der Waals surface area contributed by atoms with Crippen LogP contribution in [0.1, 0.15) is 29.2 Å². The molecule has 0 saturated carbocycles. The van der Waals surface area contributed by atoms with E-state index in [-0.39, 0.29) is 0 Å². The minimum atomic E-state index is 0.444. The molecule has 0 atom stereocenters. The molecule has 0 radical (unpaired) electrons. The maximum Gasteiger partial charge on any atom is 0.232 e. The zero-order valence-corrected chi connectivity index (χ0v) is 31.9. The normalized spacial score (nSPS) is 12.4. The molecule has 0 amide bonds. The van der Waals surface area contributed by atoms with E-state index in [0.717, 1.165) is 55.2 Å². The molecule has 2 aromatic heterocycles. The van der Waals surface area contributed by atoms with Crippen LogP contribution in [0, 0.1) is 0 Å². The fourth-order valence-electron chi connectivity index (χ4n) is 7.66. The summed E-state index contributed by atoms with van der Waals surface area (Å²) in [5.74, 6) is 1.06. The zero-order chi connectivity index (χ0) is 38.0. The summed E-state index contributed by atoms with van der Waals surface area (Å²) in [4.78, 5) is 15.0. The van der Waals surface area contributed by atoms with Crippen molar-refractivity contribution in [2.24, 2.45) is 15.0 Å². The first-order valence-corrected chi connectivity index (χ1v) is 19.5. The Morgan fingerprint density at radius 3 is 2.16 bits per heavy atom. The molecule has 56 heavy (non-hydrogen) atoms. The predicted molar refractivity (Wildman–Crippen MR) is 244 cm³/mol. The zero-order valence-electron chi connectivity index (χ0n) is 31.1. The van der Waals surface area contributed by atoms with E-state index in [4.69, 9.17) is 9.98 Å². The van der Waals surface area contributed by atoms with Gasteiger partial charge in [0.15, 0.2) is 5.84 Å². The Morgan fingerprint density at radius 1 is 0.679 bits per heavy atom. The van der Waals surface area contributed by atoms with Gasteiger partial charge in [-0.1, -0.05) is 158 Å². The van der Waals surface area contributed by atoms with E-state index < -0.39 is 0 Å². The van der Waals surface area contributed by atoms with Crippen LogP contribution in [-0.2, 0) is 6.54 Å². The quantitative estimate of drug-likeness (QED) is 0.115. The molecule has 0 fully saturated rings. The lowest BCUT2D eigenvalue weighted by atomic mass is 9.97. The standard InChI is InChI=1S/C51H38N4S/c1-4-16-38-31-39(26-25-35(38)5-2)40-27-29-45-44(32-40)42-28-30-46-47(43-24-15-23-41(49(43)56-46)36-19-11-7-12-20-36)48(42)55(45)51(53-33-34-17-9-6-10-18-34)54-50(52-3)37-21-13-8-14-22-37/h4-32H,2-3,33H2,1H3/b16-4-,53-51?,54-50-. The Bertz CT molecular complexity index is 3020. The van der Waals surface area contributed by atoms with Gasteiger partial charge in [0.05, 0.1) is 17.6 Å². The van der Waals surface area contributed by atoms with Crippen LogP contribution in [0.15, 0.2) is 185 Å². The van der Waals surface area contributed by atoms with Crippen molar-refractivity contribution in [1.29, 1.82) is 0 Å². The predicted octanol–water partition coefficient (Wildman–Crippen LogP) is 13.7. The van der Waals surface area contributed by atoms with Crippen molar-refractivity contribution >= 4 is 84.0 Å². The molecular weight excluding hydrogens is 701 g/mol. The van der Waals surface area contributed by atoms with Gasteiger partial charge in [0.1, 0.15) is 0 Å². The van der Waals surface area contributed by atoms with Crippen LogP contribution in [0.5, 0.6) is 0 Å². The number of aromatic nitrogens is 1. The van der Waals surface area contributed by atoms with E-state index >= 15 is 0 Å². The van der Waals surface area contributed by atoms with Crippen molar-refractivity contribution < 1.29 is 0 Å². The SMILES string of the molecule is C=Cc1ccc(-c2ccc3c(c2)c2ccc4sc5c(-c6ccccc6)cccc5c4c2n3C(=NCc2ccccc2)/N=C(\N=C)c2ccccc2)cc1/C=C\C. The Kier molecular flexibility index (Phi) is 9.36. The van der Waals surface area contributed by atoms with Crippen molar-refractivity contribution in [2.45, 2.75) is 13.5 Å². The van der Waals surface area contributed by atoms with Gasteiger partial charge in [-0.25, -0.2) is 9.98 Å². The minimum Gasteiger partial charge on any atom is -0.277 e. The Morgan fingerprint density at radius 2 is 1.41 bits per heavy atom. The van der Waals surface area contributed by atoms with E-state index in [1.807, 2.05) is 72.9 Å². The van der Waals surface area contributed by atoms with Crippen LogP contribution in [0.3, 0.4) is 0 Å². The summed E-state index contributed by atoms with van der Waals surface area (Å²) in [5, 5.41) is 4.63. The number of thiophene rings is 1. The number of amidine groups is 1. The first-order valence-electron chi connectivity index (χ1n) is 18.7. The lowest BCUT2D eigenvalue weighted by molar-refractivity contribution is 1.03. The van der Waals surface area contributed by atoms with Gasteiger partial charge in [-0.15, -0.1) is 11.3 Å². The molecule has 5 heteroatoms. The highest BCUT2D eigenvalue weighted by Gasteiger charge is 2.22. The Labute approximate surface area is 330 Å². The average molecular weight is 739 g/mol. The van der Waals surface area contributed by atoms with Crippen molar-refractivity contribution in [3.05, 3.63) is 193 Å². The van der Waals surface area contributed by atoms with Gasteiger partial charge in [0.2, 0.25) is 5.96 Å². The van der Waals surface area contributed by atoms with Crippen molar-refractivity contribution in [3.8, 4) is 22.3 Å². The smallest absolute Gasteiger partial charge is 0.232 e. The summed E-state index contributed by atoms with van der Waals surface area (Å²) in [6, 6.07) is 55.5. The molecule has 268 valence electrons. The Balaban J connectivity index is 1.38. The second kappa shape index (κ2) is 15.1. The number of fused-ring (bicyclic) bond motifs is 7. The van der Waals surface area contributed by atoms with E-state index in [0.29, 0.717) is 18.3 Å². The summed E-state index contributed by atoms with van der Waals surface area (Å²) in [5.41, 5.74) is 11.0. The molecule has 0 saturated heterocycles. The second-order valence-electron chi connectivity index (χ2n) is 13.7. The Hall–Kier alpha value is -6.95. The highest BCUT2D eigenvalue weighted by Crippen LogP contribution is 2.45. The average Bonchev–Trinajstić information content (AvgIpc) is 3.80. The lowest BCUT2D eigenvalue weighted by Gasteiger charge is -2.11. The van der Waals surface area contributed by atoms with Crippen molar-refractivity contribution in [1.82, 2.24) is 4.57 Å². The topological polar surface area (TPSA) is 42.0 Å². The number of rotatable bonds is 7. The molecule has 0 aliphatic carbocycles. The number of hydrogen-bond donors (Lipinski definition) is 0. The molecule has 0 bridgehead atoms. The summed E-state index contributed by atoms with van der Waals surface area (Å²) < 4.78 is 4.70. The van der Waals surface area contributed by atoms with E-state index in [1.54, 1.807) is 0 Å².